The third kappa shape index (κ3) is 3.66. The Morgan fingerprint density at radius 3 is 2.57 bits per heavy atom. The highest BCUT2D eigenvalue weighted by molar-refractivity contribution is 5.77. The predicted molar refractivity (Wildman–Crippen MR) is 89.6 cm³/mol. The van der Waals surface area contributed by atoms with E-state index in [9.17, 15) is 0 Å². The van der Waals surface area contributed by atoms with Crippen molar-refractivity contribution in [2.45, 2.75) is 45.7 Å². The zero-order chi connectivity index (χ0) is 15.5. The van der Waals surface area contributed by atoms with Crippen molar-refractivity contribution in [2.75, 3.05) is 20.1 Å². The van der Waals surface area contributed by atoms with E-state index in [-0.39, 0.29) is 11.6 Å². The van der Waals surface area contributed by atoms with E-state index in [0.29, 0.717) is 0 Å². The zero-order valence-electron chi connectivity index (χ0n) is 13.9. The molecular weight excluding hydrogens is 260 g/mol. The Kier molecular flexibility index (Phi) is 5.07. The number of rotatable bonds is 7. The summed E-state index contributed by atoms with van der Waals surface area (Å²) >= 11 is 0. The van der Waals surface area contributed by atoms with Gasteiger partial charge in [0.15, 0.2) is 0 Å². The van der Waals surface area contributed by atoms with Crippen molar-refractivity contribution in [3.63, 3.8) is 0 Å². The molecule has 0 spiro atoms. The minimum absolute atomic E-state index is 0.194. The van der Waals surface area contributed by atoms with Gasteiger partial charge in [0.05, 0.1) is 6.04 Å². The molecule has 1 aromatic carbocycles. The third-order valence-electron chi connectivity index (χ3n) is 4.59. The van der Waals surface area contributed by atoms with Crippen LogP contribution in [0.2, 0.25) is 0 Å². The van der Waals surface area contributed by atoms with E-state index in [4.69, 9.17) is 4.42 Å². The summed E-state index contributed by atoms with van der Waals surface area (Å²) < 4.78 is 6.04. The molecule has 1 atom stereocenters. The van der Waals surface area contributed by atoms with Crippen LogP contribution >= 0.6 is 0 Å². The van der Waals surface area contributed by atoms with Gasteiger partial charge < -0.3 is 9.73 Å². The second kappa shape index (κ2) is 6.63. The van der Waals surface area contributed by atoms with Crippen LogP contribution in [0.25, 0.3) is 11.0 Å². The average Bonchev–Trinajstić information content (AvgIpc) is 2.90. The molecule has 3 nitrogen and oxygen atoms in total. The van der Waals surface area contributed by atoms with Gasteiger partial charge in [-0.2, -0.15) is 0 Å². The largest absolute Gasteiger partial charge is 0.459 e. The Morgan fingerprint density at radius 2 is 1.95 bits per heavy atom. The first-order chi connectivity index (χ1) is 9.97. The summed E-state index contributed by atoms with van der Waals surface area (Å²) in [7, 11) is 2.19. The molecule has 0 saturated carbocycles. The summed E-state index contributed by atoms with van der Waals surface area (Å²) in [5.41, 5.74) is 1.16. The molecule has 0 aliphatic carbocycles. The number of likely N-dealkylation sites (N-methyl/N-ethyl adjacent to an activating group) is 2. The van der Waals surface area contributed by atoms with E-state index >= 15 is 0 Å². The third-order valence-corrected chi connectivity index (χ3v) is 4.59. The minimum atomic E-state index is 0.194. The summed E-state index contributed by atoms with van der Waals surface area (Å²) in [6, 6.07) is 10.6. The fraction of sp³-hybridized carbons (Fsp3) is 0.556. The van der Waals surface area contributed by atoms with Crippen LogP contribution < -0.4 is 5.32 Å². The van der Waals surface area contributed by atoms with Gasteiger partial charge in [-0.3, -0.25) is 4.90 Å². The van der Waals surface area contributed by atoms with Crippen LogP contribution in [0.4, 0.5) is 0 Å². The molecule has 0 radical (unpaired) electrons. The van der Waals surface area contributed by atoms with E-state index in [2.05, 4.69) is 63.2 Å². The van der Waals surface area contributed by atoms with Crippen molar-refractivity contribution in [2.24, 2.45) is 0 Å². The molecule has 0 saturated heterocycles. The lowest BCUT2D eigenvalue weighted by molar-refractivity contribution is 0.131. The Hall–Kier alpha value is -1.32. The molecule has 2 aromatic rings. The number of hydrogen-bond acceptors (Lipinski definition) is 3. The molecule has 1 N–H and O–H groups in total. The molecule has 116 valence electrons. The Labute approximate surface area is 128 Å². The fourth-order valence-corrected chi connectivity index (χ4v) is 2.47. The lowest BCUT2D eigenvalue weighted by atomic mass is 9.99. The van der Waals surface area contributed by atoms with Gasteiger partial charge in [0, 0.05) is 17.5 Å². The fourth-order valence-electron chi connectivity index (χ4n) is 2.47. The molecule has 0 aliphatic heterocycles. The quantitative estimate of drug-likeness (QED) is 0.827. The van der Waals surface area contributed by atoms with Gasteiger partial charge in [0.2, 0.25) is 0 Å². The van der Waals surface area contributed by atoms with Gasteiger partial charge in [-0.15, -0.1) is 0 Å². The standard InChI is InChI=1S/C18H28N2O/c1-6-18(3,4)20(5)13-15(19-7-2)17-12-14-10-8-9-11-16(14)21-17/h8-12,15,19H,6-7,13H2,1-5H3. The van der Waals surface area contributed by atoms with Crippen LogP contribution in [-0.4, -0.2) is 30.6 Å². The minimum Gasteiger partial charge on any atom is -0.459 e. The monoisotopic (exact) mass is 288 g/mol. The number of benzene rings is 1. The maximum Gasteiger partial charge on any atom is 0.134 e. The van der Waals surface area contributed by atoms with Gasteiger partial charge in [-0.05, 0) is 46.0 Å². The number of fused-ring (bicyclic) bond motifs is 1. The Bertz CT molecular complexity index is 540. The molecule has 1 aromatic heterocycles. The highest BCUT2D eigenvalue weighted by Gasteiger charge is 2.25. The highest BCUT2D eigenvalue weighted by Crippen LogP contribution is 2.26. The number of nitrogens with zero attached hydrogens (tertiary/aromatic N) is 1. The molecule has 0 aliphatic rings. The zero-order valence-corrected chi connectivity index (χ0v) is 13.9. The number of hydrogen-bond donors (Lipinski definition) is 1. The molecule has 0 fully saturated rings. The first kappa shape index (κ1) is 16.1. The summed E-state index contributed by atoms with van der Waals surface area (Å²) in [5.74, 6) is 1.02. The molecule has 2 rings (SSSR count). The summed E-state index contributed by atoms with van der Waals surface area (Å²) in [6.07, 6.45) is 1.13. The first-order valence-electron chi connectivity index (χ1n) is 7.91. The van der Waals surface area contributed by atoms with E-state index in [1.807, 2.05) is 12.1 Å². The molecule has 0 amide bonds. The molecule has 21 heavy (non-hydrogen) atoms. The predicted octanol–water partition coefficient (Wildman–Crippen LogP) is 4.20. The molecule has 1 unspecified atom stereocenters. The average molecular weight is 288 g/mol. The maximum atomic E-state index is 6.04. The first-order valence-corrected chi connectivity index (χ1v) is 7.91. The smallest absolute Gasteiger partial charge is 0.134 e. The van der Waals surface area contributed by atoms with Gasteiger partial charge >= 0.3 is 0 Å². The Balaban J connectivity index is 2.22. The van der Waals surface area contributed by atoms with Crippen LogP contribution in [0.5, 0.6) is 0 Å². The lowest BCUT2D eigenvalue weighted by Crippen LogP contribution is -2.45. The van der Waals surface area contributed by atoms with Gasteiger partial charge in [-0.25, -0.2) is 0 Å². The normalized spacial score (nSPS) is 14.0. The summed E-state index contributed by atoms with van der Waals surface area (Å²) in [4.78, 5) is 2.41. The van der Waals surface area contributed by atoms with Crippen LogP contribution in [0.15, 0.2) is 34.7 Å². The van der Waals surface area contributed by atoms with Crippen LogP contribution in [0.3, 0.4) is 0 Å². The van der Waals surface area contributed by atoms with Gasteiger partial charge in [-0.1, -0.05) is 32.0 Å². The van der Waals surface area contributed by atoms with E-state index < -0.39 is 0 Å². The van der Waals surface area contributed by atoms with E-state index in [1.165, 1.54) is 5.39 Å². The summed E-state index contributed by atoms with van der Waals surface area (Å²) in [5, 5.41) is 4.73. The SMILES string of the molecule is CCNC(CN(C)C(C)(C)CC)c1cc2ccccc2o1. The molecule has 0 bridgehead atoms. The van der Waals surface area contributed by atoms with Crippen molar-refractivity contribution >= 4 is 11.0 Å². The van der Waals surface area contributed by atoms with Crippen molar-refractivity contribution in [3.05, 3.63) is 36.1 Å². The number of para-hydroxylation sites is 1. The van der Waals surface area contributed by atoms with Crippen molar-refractivity contribution in [1.82, 2.24) is 10.2 Å². The van der Waals surface area contributed by atoms with Crippen molar-refractivity contribution < 1.29 is 4.42 Å². The van der Waals surface area contributed by atoms with Gasteiger partial charge in [0.25, 0.3) is 0 Å². The van der Waals surface area contributed by atoms with Crippen LogP contribution in [-0.2, 0) is 0 Å². The number of furan rings is 1. The van der Waals surface area contributed by atoms with Crippen molar-refractivity contribution in [1.29, 1.82) is 0 Å². The second-order valence-electron chi connectivity index (χ2n) is 6.34. The Morgan fingerprint density at radius 1 is 1.24 bits per heavy atom. The number of nitrogens with one attached hydrogen (secondary N) is 1. The maximum absolute atomic E-state index is 6.04. The van der Waals surface area contributed by atoms with E-state index in [1.54, 1.807) is 0 Å². The molecular formula is C18H28N2O. The van der Waals surface area contributed by atoms with Gasteiger partial charge in [0.1, 0.15) is 11.3 Å². The topological polar surface area (TPSA) is 28.4 Å². The van der Waals surface area contributed by atoms with Crippen LogP contribution in [0.1, 0.15) is 45.9 Å². The van der Waals surface area contributed by atoms with Crippen LogP contribution in [0, 0.1) is 0 Å². The second-order valence-corrected chi connectivity index (χ2v) is 6.34. The lowest BCUT2D eigenvalue weighted by Gasteiger charge is -2.37. The van der Waals surface area contributed by atoms with E-state index in [0.717, 1.165) is 30.9 Å². The molecule has 3 heteroatoms. The molecule has 1 heterocycles. The highest BCUT2D eigenvalue weighted by atomic mass is 16.3. The van der Waals surface area contributed by atoms with Crippen molar-refractivity contribution in [3.8, 4) is 0 Å². The summed E-state index contributed by atoms with van der Waals surface area (Å²) in [6.45, 7) is 10.8.